The van der Waals surface area contributed by atoms with Crippen molar-refractivity contribution < 1.29 is 14.3 Å². The van der Waals surface area contributed by atoms with Gasteiger partial charge in [0.05, 0.1) is 5.92 Å². The first-order valence-electron chi connectivity index (χ1n) is 7.58. The molecule has 2 rings (SSSR count). The SMILES string of the molecule is C=CCC1=C(C)[C@H](OC(=O)C2C(C=C(C)C)C2(C)C)CO1. The van der Waals surface area contributed by atoms with Crippen LogP contribution >= 0.6 is 0 Å². The summed E-state index contributed by atoms with van der Waals surface area (Å²) in [6.45, 7) is 14.5. The van der Waals surface area contributed by atoms with Crippen molar-refractivity contribution in [1.29, 1.82) is 0 Å². The van der Waals surface area contributed by atoms with Crippen molar-refractivity contribution in [1.82, 2.24) is 0 Å². The van der Waals surface area contributed by atoms with Crippen LogP contribution in [-0.2, 0) is 14.3 Å². The molecule has 2 unspecified atom stereocenters. The van der Waals surface area contributed by atoms with Crippen LogP contribution in [0.5, 0.6) is 0 Å². The standard InChI is InChI=1S/C18H26O3/c1-7-8-14-12(4)15(10-20-14)21-17(19)16-13(9-11(2)3)18(16,5)6/h7,9,13,15-16H,1,8,10H2,2-6H3/t13?,15-,16?/m1/s1. The highest BCUT2D eigenvalue weighted by molar-refractivity contribution is 5.78. The van der Waals surface area contributed by atoms with Gasteiger partial charge >= 0.3 is 5.97 Å². The van der Waals surface area contributed by atoms with E-state index in [-0.39, 0.29) is 29.3 Å². The maximum absolute atomic E-state index is 12.4. The number of allylic oxidation sites excluding steroid dienone is 3. The predicted molar refractivity (Wildman–Crippen MR) is 83.5 cm³/mol. The lowest BCUT2D eigenvalue weighted by atomic mass is 10.1. The van der Waals surface area contributed by atoms with Crippen molar-refractivity contribution in [2.45, 2.75) is 47.1 Å². The molecule has 1 saturated carbocycles. The van der Waals surface area contributed by atoms with E-state index in [2.05, 4.69) is 40.3 Å². The highest BCUT2D eigenvalue weighted by Gasteiger charge is 2.61. The summed E-state index contributed by atoms with van der Waals surface area (Å²) in [7, 11) is 0. The fourth-order valence-corrected chi connectivity index (χ4v) is 3.08. The molecule has 0 aromatic carbocycles. The Hall–Kier alpha value is -1.51. The lowest BCUT2D eigenvalue weighted by Crippen LogP contribution is -2.22. The van der Waals surface area contributed by atoms with Crippen LogP contribution in [0.2, 0.25) is 0 Å². The van der Waals surface area contributed by atoms with Gasteiger partial charge in [0.25, 0.3) is 0 Å². The van der Waals surface area contributed by atoms with E-state index in [1.807, 2.05) is 6.92 Å². The summed E-state index contributed by atoms with van der Waals surface area (Å²) >= 11 is 0. The molecule has 2 aliphatic rings. The van der Waals surface area contributed by atoms with Gasteiger partial charge in [0, 0.05) is 12.0 Å². The van der Waals surface area contributed by atoms with E-state index in [0.29, 0.717) is 13.0 Å². The van der Waals surface area contributed by atoms with E-state index in [9.17, 15) is 4.79 Å². The largest absolute Gasteiger partial charge is 0.493 e. The molecule has 3 heteroatoms. The summed E-state index contributed by atoms with van der Waals surface area (Å²) in [6.07, 6.45) is 4.44. The molecule has 0 N–H and O–H groups in total. The average molecular weight is 290 g/mol. The molecule has 0 amide bonds. The molecular formula is C18H26O3. The smallest absolute Gasteiger partial charge is 0.310 e. The Morgan fingerprint density at radius 2 is 2.14 bits per heavy atom. The Balaban J connectivity index is 2.01. The van der Waals surface area contributed by atoms with Gasteiger partial charge in [-0.15, -0.1) is 6.58 Å². The first kappa shape index (κ1) is 15.9. The molecule has 1 fully saturated rings. The highest BCUT2D eigenvalue weighted by atomic mass is 16.6. The maximum Gasteiger partial charge on any atom is 0.310 e. The quantitative estimate of drug-likeness (QED) is 0.567. The van der Waals surface area contributed by atoms with E-state index in [4.69, 9.17) is 9.47 Å². The zero-order valence-electron chi connectivity index (χ0n) is 13.7. The summed E-state index contributed by atoms with van der Waals surface area (Å²) in [6, 6.07) is 0. The van der Waals surface area contributed by atoms with Crippen LogP contribution in [0.25, 0.3) is 0 Å². The molecule has 0 spiro atoms. The second-order valence-corrected chi connectivity index (χ2v) is 6.90. The molecule has 116 valence electrons. The minimum Gasteiger partial charge on any atom is -0.493 e. The molecule has 3 atom stereocenters. The minimum atomic E-state index is -0.240. The van der Waals surface area contributed by atoms with Gasteiger partial charge in [0.15, 0.2) is 6.10 Å². The first-order chi connectivity index (χ1) is 9.78. The van der Waals surface area contributed by atoms with Gasteiger partial charge in [-0.3, -0.25) is 4.79 Å². The lowest BCUT2D eigenvalue weighted by molar-refractivity contribution is -0.150. The van der Waals surface area contributed by atoms with Gasteiger partial charge in [0.1, 0.15) is 12.4 Å². The third-order valence-electron chi connectivity index (χ3n) is 4.60. The predicted octanol–water partition coefficient (Wildman–Crippen LogP) is 4.02. The van der Waals surface area contributed by atoms with Gasteiger partial charge < -0.3 is 9.47 Å². The first-order valence-corrected chi connectivity index (χ1v) is 7.58. The third kappa shape index (κ3) is 3.07. The normalized spacial score (nSPS) is 29.7. The van der Waals surface area contributed by atoms with E-state index in [1.165, 1.54) is 5.57 Å². The lowest BCUT2D eigenvalue weighted by Gasteiger charge is -2.12. The van der Waals surface area contributed by atoms with Crippen LogP contribution in [0.1, 0.15) is 41.0 Å². The maximum atomic E-state index is 12.4. The van der Waals surface area contributed by atoms with Gasteiger partial charge in [-0.2, -0.15) is 0 Å². The topological polar surface area (TPSA) is 35.5 Å². The Kier molecular flexibility index (Phi) is 4.31. The minimum absolute atomic E-state index is 0.00458. The summed E-state index contributed by atoms with van der Waals surface area (Å²) in [5.74, 6) is 1.03. The van der Waals surface area contributed by atoms with Crippen molar-refractivity contribution in [3.05, 3.63) is 35.6 Å². The summed E-state index contributed by atoms with van der Waals surface area (Å²) < 4.78 is 11.3. The van der Waals surface area contributed by atoms with Crippen molar-refractivity contribution in [3.63, 3.8) is 0 Å². The molecule has 1 aliphatic heterocycles. The molecule has 0 bridgehead atoms. The van der Waals surface area contributed by atoms with E-state index in [1.54, 1.807) is 6.08 Å². The van der Waals surface area contributed by atoms with Gasteiger partial charge in [0.2, 0.25) is 0 Å². The molecule has 1 heterocycles. The Morgan fingerprint density at radius 3 is 2.71 bits per heavy atom. The number of carbonyl (C=O) groups excluding carboxylic acids is 1. The van der Waals surface area contributed by atoms with Gasteiger partial charge in [-0.1, -0.05) is 31.6 Å². The molecule has 0 radical (unpaired) electrons. The number of hydrogen-bond acceptors (Lipinski definition) is 3. The molecule has 1 aliphatic carbocycles. The molecular weight excluding hydrogens is 264 g/mol. The second kappa shape index (κ2) is 5.70. The average Bonchev–Trinajstić information content (AvgIpc) is 2.73. The molecule has 3 nitrogen and oxygen atoms in total. The Labute approximate surface area is 127 Å². The van der Waals surface area contributed by atoms with Gasteiger partial charge in [-0.05, 0) is 32.1 Å². The zero-order chi connectivity index (χ0) is 15.8. The summed E-state index contributed by atoms with van der Waals surface area (Å²) in [4.78, 5) is 12.4. The third-order valence-corrected chi connectivity index (χ3v) is 4.60. The molecule has 21 heavy (non-hydrogen) atoms. The summed E-state index contributed by atoms with van der Waals surface area (Å²) in [5.41, 5.74) is 2.26. The molecule has 0 saturated heterocycles. The summed E-state index contributed by atoms with van der Waals surface area (Å²) in [5, 5.41) is 0. The van der Waals surface area contributed by atoms with Crippen molar-refractivity contribution >= 4 is 5.97 Å². The van der Waals surface area contributed by atoms with Crippen LogP contribution in [0.15, 0.2) is 35.6 Å². The molecule has 0 aromatic heterocycles. The van der Waals surface area contributed by atoms with Crippen LogP contribution in [0.4, 0.5) is 0 Å². The fourth-order valence-electron chi connectivity index (χ4n) is 3.08. The van der Waals surface area contributed by atoms with Crippen molar-refractivity contribution in [3.8, 4) is 0 Å². The number of esters is 1. The monoisotopic (exact) mass is 290 g/mol. The fraction of sp³-hybridized carbons (Fsp3) is 0.611. The Morgan fingerprint density at radius 1 is 1.48 bits per heavy atom. The number of ether oxygens (including phenoxy) is 2. The number of hydrogen-bond donors (Lipinski definition) is 0. The van der Waals surface area contributed by atoms with Gasteiger partial charge in [-0.25, -0.2) is 0 Å². The highest BCUT2D eigenvalue weighted by Crippen LogP contribution is 2.60. The van der Waals surface area contributed by atoms with Crippen LogP contribution in [0.3, 0.4) is 0 Å². The molecule has 0 aromatic rings. The Bertz CT molecular complexity index is 507. The van der Waals surface area contributed by atoms with E-state index < -0.39 is 0 Å². The van der Waals surface area contributed by atoms with E-state index >= 15 is 0 Å². The van der Waals surface area contributed by atoms with E-state index in [0.717, 1.165) is 11.3 Å². The number of rotatable bonds is 5. The second-order valence-electron chi connectivity index (χ2n) is 6.90. The number of carbonyl (C=O) groups is 1. The van der Waals surface area contributed by atoms with Crippen molar-refractivity contribution in [2.75, 3.05) is 6.61 Å². The van der Waals surface area contributed by atoms with Crippen LogP contribution in [0, 0.1) is 17.3 Å². The van der Waals surface area contributed by atoms with Crippen LogP contribution in [-0.4, -0.2) is 18.7 Å². The van der Waals surface area contributed by atoms with Crippen molar-refractivity contribution in [2.24, 2.45) is 17.3 Å². The van der Waals surface area contributed by atoms with Crippen LogP contribution < -0.4 is 0 Å². The zero-order valence-corrected chi connectivity index (χ0v) is 13.7.